The Balaban J connectivity index is 1.72. The molecule has 1 aliphatic heterocycles. The number of rotatable bonds is 66. The standard InChI is InChI=1S/C106H177N9O15/c1-13-16-19-22-25-28-31-34-37-40-43-46-49-52-55-64-74-125-92-78-87(79-93(126-75-65-56-53-50-47-44-41-38-35-32-29-26-23-20-17-14-2)96(92)127-76-66-57-54-51-48-45-42-39-36-33-30-27-24-21-18-15-3)83-128-100(121)89-80-95(117)109-90(101(122)129-105(5,6)7)81-94(116)108-84(4)97(118)110-88(99(120)115(12)91(98(119)111-89)77-85-68-60-58-61-69-85)72-67-73-107-102(113-104(124)130-106(8,9)10)112-103(123)114(11)82-86-70-62-59-63-71-86/h58-63,68-71,78-79,84,88-91H,13-57,64-67,72-77,80-83H2,1-12H3,(H,108,116)(H,109,117)(H,110,118)(H,111,119)(H2,107,112,113,123,124)/t84-,88+,89+,90+,91+/m1/s1. The summed E-state index contributed by atoms with van der Waals surface area (Å²) in [5.74, 6) is -5.21. The van der Waals surface area contributed by atoms with Crippen LogP contribution < -0.4 is 46.1 Å². The molecule has 0 saturated carbocycles. The van der Waals surface area contributed by atoms with Crippen molar-refractivity contribution >= 4 is 59.6 Å². The number of nitrogens with one attached hydrogen (secondary N) is 6. The number of aliphatic imine (C=N–C) groups is 1. The van der Waals surface area contributed by atoms with Crippen molar-refractivity contribution in [3.05, 3.63) is 89.5 Å². The van der Waals surface area contributed by atoms with E-state index in [9.17, 15) is 28.8 Å². The van der Waals surface area contributed by atoms with Crippen LogP contribution in [0.4, 0.5) is 9.59 Å². The molecule has 0 spiro atoms. The summed E-state index contributed by atoms with van der Waals surface area (Å²) < 4.78 is 37.8. The number of likely N-dealkylation sites (N-methyl/N-ethyl adjacent to an activating group) is 1. The van der Waals surface area contributed by atoms with Crippen LogP contribution in [0.2, 0.25) is 0 Å². The van der Waals surface area contributed by atoms with Gasteiger partial charge in [0.15, 0.2) is 11.5 Å². The molecular weight excluding hydrogens is 1640 g/mol. The first kappa shape index (κ1) is 114. The molecule has 1 heterocycles. The third kappa shape index (κ3) is 55.2. The number of carbonyl (C=O) groups excluding carboxylic acids is 9. The number of urea groups is 1. The molecule has 130 heavy (non-hydrogen) atoms. The molecule has 0 aromatic heterocycles. The number of esters is 2. The Morgan fingerprint density at radius 3 is 1.22 bits per heavy atom. The van der Waals surface area contributed by atoms with Gasteiger partial charge in [-0.3, -0.25) is 39.6 Å². The van der Waals surface area contributed by atoms with Gasteiger partial charge in [-0.1, -0.05) is 370 Å². The van der Waals surface area contributed by atoms with E-state index < -0.39 is 108 Å². The van der Waals surface area contributed by atoms with Crippen LogP contribution in [0.1, 0.15) is 420 Å². The molecule has 3 aromatic carbocycles. The molecule has 8 amide bonds. The Bertz CT molecular complexity index is 3550. The van der Waals surface area contributed by atoms with Gasteiger partial charge >= 0.3 is 24.1 Å². The smallest absolute Gasteiger partial charge is 0.414 e. The van der Waals surface area contributed by atoms with Crippen molar-refractivity contribution in [2.75, 3.05) is 40.5 Å². The third-order valence-corrected chi connectivity index (χ3v) is 23.8. The van der Waals surface area contributed by atoms with Crippen LogP contribution >= 0.6 is 0 Å². The summed E-state index contributed by atoms with van der Waals surface area (Å²) in [4.78, 5) is 138. The van der Waals surface area contributed by atoms with E-state index in [1.165, 1.54) is 256 Å². The summed E-state index contributed by atoms with van der Waals surface area (Å²) in [6, 6.07) is 13.5. The Kier molecular flexibility index (Phi) is 61.6. The first-order valence-electron chi connectivity index (χ1n) is 51.3. The monoisotopic (exact) mass is 1820 g/mol. The Labute approximate surface area is 785 Å². The quantitative estimate of drug-likeness (QED) is 0.0101. The SMILES string of the molecule is CCCCCCCCCCCCCCCCCCOc1cc(COC(=O)[C@@H]2CC(=O)N[C@H](C(=O)OC(C)(C)C)CC(=O)N[C@H](C)C(=O)N[C@@H](CCCN=C(NC(=O)OC(C)(C)C)NC(=O)N(C)Cc3ccccc3)C(=O)N(C)[C@@H](Cc3ccccc3)C(=O)N2)cc(OCCCCCCCCCCCCCCCCCC)c1OCCCCCCCCCCCCCCCCCC. The van der Waals surface area contributed by atoms with Crippen molar-refractivity contribution in [3.8, 4) is 17.2 Å². The van der Waals surface area contributed by atoms with Crippen molar-refractivity contribution in [2.24, 2.45) is 4.99 Å². The van der Waals surface area contributed by atoms with Gasteiger partial charge in [0.25, 0.3) is 0 Å². The molecule has 5 atom stereocenters. The molecule has 1 aliphatic rings. The lowest BCUT2D eigenvalue weighted by molar-refractivity contribution is -0.160. The number of carbonyl (C=O) groups is 9. The van der Waals surface area contributed by atoms with E-state index in [1.54, 1.807) is 91.1 Å². The number of amides is 8. The van der Waals surface area contributed by atoms with E-state index in [0.29, 0.717) is 48.2 Å². The van der Waals surface area contributed by atoms with Gasteiger partial charge in [-0.25, -0.2) is 19.2 Å². The summed E-state index contributed by atoms with van der Waals surface area (Å²) in [6.45, 7) is 19.0. The van der Waals surface area contributed by atoms with Crippen molar-refractivity contribution < 1.29 is 71.6 Å². The molecule has 736 valence electrons. The minimum atomic E-state index is -1.79. The van der Waals surface area contributed by atoms with E-state index in [-0.39, 0.29) is 44.9 Å². The fourth-order valence-corrected chi connectivity index (χ4v) is 16.2. The number of nitrogens with zero attached hydrogens (tertiary/aromatic N) is 3. The Hall–Kier alpha value is -8.44. The van der Waals surface area contributed by atoms with Gasteiger partial charge in [0.1, 0.15) is 48.0 Å². The lowest BCUT2D eigenvalue weighted by atomic mass is 10.0. The van der Waals surface area contributed by atoms with E-state index in [4.69, 9.17) is 28.4 Å². The van der Waals surface area contributed by atoms with Crippen molar-refractivity contribution in [3.63, 3.8) is 0 Å². The molecular formula is C106H177N9O15. The van der Waals surface area contributed by atoms with E-state index in [2.05, 4.69) is 57.7 Å². The van der Waals surface area contributed by atoms with Crippen LogP contribution in [-0.4, -0.2) is 151 Å². The number of hydrogen-bond acceptors (Lipinski definition) is 16. The first-order chi connectivity index (χ1) is 62.7. The summed E-state index contributed by atoms with van der Waals surface area (Å²) >= 11 is 0. The molecule has 0 unspecified atom stereocenters. The maximum absolute atomic E-state index is 15.5. The highest BCUT2D eigenvalue weighted by Gasteiger charge is 2.38. The predicted octanol–water partition coefficient (Wildman–Crippen LogP) is 23.3. The minimum Gasteiger partial charge on any atom is -0.490 e. The molecule has 24 heteroatoms. The summed E-state index contributed by atoms with van der Waals surface area (Å²) in [5, 5.41) is 15.9. The fourth-order valence-electron chi connectivity index (χ4n) is 16.2. The molecule has 1 fully saturated rings. The molecule has 0 bridgehead atoms. The highest BCUT2D eigenvalue weighted by molar-refractivity contribution is 6.03. The largest absolute Gasteiger partial charge is 0.490 e. The Morgan fingerprint density at radius 1 is 0.438 bits per heavy atom. The van der Waals surface area contributed by atoms with Crippen LogP contribution in [0.25, 0.3) is 0 Å². The number of benzene rings is 3. The van der Waals surface area contributed by atoms with Gasteiger partial charge in [-0.15, -0.1) is 0 Å². The van der Waals surface area contributed by atoms with Crippen LogP contribution in [0, 0.1) is 0 Å². The number of ether oxygens (including phenoxy) is 6. The van der Waals surface area contributed by atoms with Crippen LogP contribution in [0.3, 0.4) is 0 Å². The molecule has 4 rings (SSSR count). The minimum absolute atomic E-state index is 0.0189. The van der Waals surface area contributed by atoms with Gasteiger partial charge in [0.05, 0.1) is 32.7 Å². The second kappa shape index (κ2) is 70.3. The highest BCUT2D eigenvalue weighted by Crippen LogP contribution is 2.40. The van der Waals surface area contributed by atoms with E-state index in [1.807, 2.05) is 30.3 Å². The van der Waals surface area contributed by atoms with E-state index >= 15 is 14.4 Å². The number of unbranched alkanes of at least 4 members (excludes halogenated alkanes) is 45. The summed E-state index contributed by atoms with van der Waals surface area (Å²) in [5.41, 5.74) is -0.0905. The predicted molar refractivity (Wildman–Crippen MR) is 524 cm³/mol. The van der Waals surface area contributed by atoms with E-state index in [0.717, 1.165) is 81.1 Å². The molecule has 0 aliphatic carbocycles. The van der Waals surface area contributed by atoms with Gasteiger partial charge in [0.2, 0.25) is 41.2 Å². The number of hydrogen-bond donors (Lipinski definition) is 6. The molecule has 0 radical (unpaired) electrons. The molecule has 24 nitrogen and oxygen atoms in total. The van der Waals surface area contributed by atoms with Crippen molar-refractivity contribution in [1.82, 2.24) is 41.7 Å². The Morgan fingerprint density at radius 2 is 0.815 bits per heavy atom. The second-order valence-electron chi connectivity index (χ2n) is 38.4. The van der Waals surface area contributed by atoms with Gasteiger partial charge in [-0.05, 0) is 109 Å². The first-order valence-corrected chi connectivity index (χ1v) is 51.3. The van der Waals surface area contributed by atoms with Gasteiger partial charge in [-0.2, -0.15) is 0 Å². The zero-order valence-electron chi connectivity index (χ0n) is 83.0. The second-order valence-corrected chi connectivity index (χ2v) is 38.4. The highest BCUT2D eigenvalue weighted by atomic mass is 16.6. The third-order valence-electron chi connectivity index (χ3n) is 23.8. The summed E-state index contributed by atoms with van der Waals surface area (Å²) in [7, 11) is 2.96. The maximum atomic E-state index is 15.5. The lowest BCUT2D eigenvalue weighted by Crippen LogP contribution is -2.58. The maximum Gasteiger partial charge on any atom is 0.414 e. The zero-order valence-corrected chi connectivity index (χ0v) is 83.0. The number of guanidine groups is 1. The molecule has 6 N–H and O–H groups in total. The zero-order chi connectivity index (χ0) is 94.7. The van der Waals surface area contributed by atoms with Gasteiger partial charge < -0.3 is 59.5 Å². The van der Waals surface area contributed by atoms with Crippen LogP contribution in [0.15, 0.2) is 77.8 Å². The average molecular weight is 1820 g/mol. The van der Waals surface area contributed by atoms with Gasteiger partial charge in [0, 0.05) is 33.6 Å². The fraction of sp³-hybridized carbons (Fsp3) is 0.736. The van der Waals surface area contributed by atoms with Crippen molar-refractivity contribution in [1.29, 1.82) is 0 Å². The average Bonchev–Trinajstić information content (AvgIpc) is 0.877. The van der Waals surface area contributed by atoms with Crippen LogP contribution in [0.5, 0.6) is 17.2 Å². The normalized spacial score (nSPS) is 16.2. The topological polar surface area (TPSA) is 300 Å². The summed E-state index contributed by atoms with van der Waals surface area (Å²) in [6.07, 6.45) is 56.8. The molecule has 1 saturated heterocycles. The van der Waals surface area contributed by atoms with Crippen molar-refractivity contribution in [2.45, 2.75) is 464 Å². The lowest BCUT2D eigenvalue weighted by Gasteiger charge is -2.32. The van der Waals surface area contributed by atoms with Crippen LogP contribution in [-0.2, 0) is 67.3 Å². The number of alkyl carbamates (subject to hydrolysis) is 1. The molecule has 3 aromatic rings.